The zero-order chi connectivity index (χ0) is 22.8. The van der Waals surface area contributed by atoms with Crippen LogP contribution in [0.3, 0.4) is 0 Å². The maximum Gasteiger partial charge on any atom is 0.124 e. The fourth-order valence-electron chi connectivity index (χ4n) is 3.03. The molecule has 0 amide bonds. The van der Waals surface area contributed by atoms with Gasteiger partial charge in [-0.1, -0.05) is 43.3 Å². The van der Waals surface area contributed by atoms with Gasteiger partial charge in [0.2, 0.25) is 0 Å². The van der Waals surface area contributed by atoms with Crippen molar-refractivity contribution < 1.29 is 15.3 Å². The van der Waals surface area contributed by atoms with E-state index in [2.05, 4.69) is 15.0 Å². The van der Waals surface area contributed by atoms with E-state index in [1.165, 1.54) is 0 Å². The van der Waals surface area contributed by atoms with Gasteiger partial charge >= 0.3 is 0 Å². The number of phenols is 3. The summed E-state index contributed by atoms with van der Waals surface area (Å²) in [6.45, 7) is 3.31. The van der Waals surface area contributed by atoms with E-state index in [0.717, 1.165) is 0 Å². The molecule has 0 atom stereocenters. The third kappa shape index (κ3) is 6.54. The van der Waals surface area contributed by atoms with Gasteiger partial charge in [-0.05, 0) is 36.4 Å². The molecule has 0 spiro atoms. The maximum atomic E-state index is 9.94. The third-order valence-electron chi connectivity index (χ3n) is 4.92. The van der Waals surface area contributed by atoms with Crippen molar-refractivity contribution in [2.24, 2.45) is 20.4 Å². The molecular weight excluding hydrogens is 402 g/mol. The molecule has 0 fully saturated rings. The first-order valence-electron chi connectivity index (χ1n) is 10.3. The number of hydrogen-bond donors (Lipinski definition) is 3. The zero-order valence-corrected chi connectivity index (χ0v) is 18.0. The summed E-state index contributed by atoms with van der Waals surface area (Å²) in [5.74, 6) is 0.523. The van der Waals surface area contributed by atoms with Crippen LogP contribution in [0.4, 0.5) is 0 Å². The van der Waals surface area contributed by atoms with E-state index in [0.29, 0.717) is 36.3 Å². The monoisotopic (exact) mass is 429 g/mol. The first-order chi connectivity index (χ1) is 15.5. The van der Waals surface area contributed by atoms with Crippen LogP contribution in [0.1, 0.15) is 23.6 Å². The van der Waals surface area contributed by atoms with Gasteiger partial charge in [0.1, 0.15) is 17.2 Å². The van der Waals surface area contributed by atoms with E-state index >= 15 is 0 Å². The van der Waals surface area contributed by atoms with Crippen LogP contribution in [0.5, 0.6) is 17.2 Å². The summed E-state index contributed by atoms with van der Waals surface area (Å²) in [5, 5.41) is 29.8. The highest BCUT2D eigenvalue weighted by Gasteiger charge is 2.23. The van der Waals surface area contributed by atoms with Crippen molar-refractivity contribution in [3.63, 3.8) is 0 Å². The van der Waals surface area contributed by atoms with Crippen LogP contribution in [0.2, 0.25) is 0 Å². The van der Waals surface area contributed by atoms with E-state index in [4.69, 9.17) is 0 Å². The first-order valence-corrected chi connectivity index (χ1v) is 10.3. The molecule has 6 heteroatoms. The third-order valence-corrected chi connectivity index (χ3v) is 4.92. The minimum Gasteiger partial charge on any atom is -0.507 e. The summed E-state index contributed by atoms with van der Waals surface area (Å²) in [4.78, 5) is 13.6. The SMILES string of the molecule is CC(CN=Cc1ccccc1O)(CN=Cc1ccccc1O)CN=Cc1ccccc1O. The van der Waals surface area contributed by atoms with Crippen LogP contribution < -0.4 is 0 Å². The number of phenolic OH excluding ortho intramolecular Hbond substituents is 3. The van der Waals surface area contributed by atoms with Gasteiger partial charge in [-0.2, -0.15) is 0 Å². The molecule has 0 saturated heterocycles. The van der Waals surface area contributed by atoms with Crippen molar-refractivity contribution in [1.29, 1.82) is 0 Å². The van der Waals surface area contributed by atoms with E-state index in [1.807, 2.05) is 25.1 Å². The Labute approximate surface area is 188 Å². The molecule has 0 unspecified atom stereocenters. The topological polar surface area (TPSA) is 97.8 Å². The minimum absolute atomic E-state index is 0.174. The van der Waals surface area contributed by atoms with Gasteiger partial charge in [0.15, 0.2) is 0 Å². The molecule has 0 heterocycles. The van der Waals surface area contributed by atoms with Gasteiger partial charge in [0.25, 0.3) is 0 Å². The van der Waals surface area contributed by atoms with Crippen LogP contribution in [0, 0.1) is 5.41 Å². The Hall–Kier alpha value is -3.93. The van der Waals surface area contributed by atoms with E-state index in [9.17, 15) is 15.3 Å². The average molecular weight is 430 g/mol. The lowest BCUT2D eigenvalue weighted by Gasteiger charge is -2.23. The lowest BCUT2D eigenvalue weighted by atomic mass is 9.91. The summed E-state index contributed by atoms with van der Waals surface area (Å²) in [6.07, 6.45) is 4.94. The molecule has 164 valence electrons. The summed E-state index contributed by atoms with van der Waals surface area (Å²) < 4.78 is 0. The van der Waals surface area contributed by atoms with E-state index in [1.54, 1.807) is 73.2 Å². The highest BCUT2D eigenvalue weighted by atomic mass is 16.3. The lowest BCUT2D eigenvalue weighted by Crippen LogP contribution is -2.28. The predicted molar refractivity (Wildman–Crippen MR) is 130 cm³/mol. The fourth-order valence-corrected chi connectivity index (χ4v) is 3.03. The maximum absolute atomic E-state index is 9.94. The molecule has 0 bridgehead atoms. The Bertz CT molecular complexity index is 983. The van der Waals surface area contributed by atoms with Gasteiger partial charge in [-0.3, -0.25) is 15.0 Å². The van der Waals surface area contributed by atoms with Crippen molar-refractivity contribution in [3.05, 3.63) is 89.5 Å². The van der Waals surface area contributed by atoms with Crippen molar-refractivity contribution >= 4 is 18.6 Å². The Morgan fingerprint density at radius 1 is 0.562 bits per heavy atom. The van der Waals surface area contributed by atoms with Crippen LogP contribution in [-0.4, -0.2) is 53.6 Å². The van der Waals surface area contributed by atoms with Crippen molar-refractivity contribution in [2.45, 2.75) is 6.92 Å². The summed E-state index contributed by atoms with van der Waals surface area (Å²) in [6, 6.07) is 21.0. The van der Waals surface area contributed by atoms with Gasteiger partial charge < -0.3 is 15.3 Å². The summed E-state index contributed by atoms with van der Waals surface area (Å²) in [5.41, 5.74) is 1.52. The molecule has 0 radical (unpaired) electrons. The summed E-state index contributed by atoms with van der Waals surface area (Å²) in [7, 11) is 0. The standard InChI is InChI=1S/C26H27N3O3/c1-26(17-27-14-20-8-2-5-11-23(20)30,18-28-15-21-9-3-6-12-24(21)31)19-29-16-22-10-4-7-13-25(22)32/h2-16,30-32H,17-19H2,1H3. The molecule has 3 aromatic rings. The van der Waals surface area contributed by atoms with Crippen molar-refractivity contribution in [1.82, 2.24) is 0 Å². The minimum atomic E-state index is -0.414. The number of hydrogen-bond acceptors (Lipinski definition) is 6. The fraction of sp³-hybridized carbons (Fsp3) is 0.192. The molecule has 6 nitrogen and oxygen atoms in total. The Morgan fingerprint density at radius 3 is 1.12 bits per heavy atom. The normalized spacial score (nSPS) is 13.8. The number of nitrogens with zero attached hydrogens (tertiary/aromatic N) is 3. The number of aromatic hydroxyl groups is 3. The van der Waals surface area contributed by atoms with E-state index < -0.39 is 5.41 Å². The van der Waals surface area contributed by atoms with Gasteiger partial charge in [-0.25, -0.2) is 0 Å². The Kier molecular flexibility index (Phi) is 7.75. The first kappa shape index (κ1) is 22.7. The van der Waals surface area contributed by atoms with Crippen LogP contribution >= 0.6 is 0 Å². The molecule has 0 aliphatic heterocycles. The number of para-hydroxylation sites is 3. The van der Waals surface area contributed by atoms with E-state index in [-0.39, 0.29) is 17.2 Å². The highest BCUT2D eigenvalue weighted by molar-refractivity contribution is 5.84. The second-order valence-electron chi connectivity index (χ2n) is 7.90. The highest BCUT2D eigenvalue weighted by Crippen LogP contribution is 2.21. The Morgan fingerprint density at radius 2 is 0.844 bits per heavy atom. The van der Waals surface area contributed by atoms with Crippen LogP contribution in [-0.2, 0) is 0 Å². The lowest BCUT2D eigenvalue weighted by molar-refractivity contribution is 0.366. The molecule has 0 aliphatic carbocycles. The predicted octanol–water partition coefficient (Wildman–Crippen LogP) is 4.47. The smallest absolute Gasteiger partial charge is 0.124 e. The molecule has 3 rings (SSSR count). The number of aliphatic imine (C=N–C) groups is 3. The second-order valence-corrected chi connectivity index (χ2v) is 7.90. The van der Waals surface area contributed by atoms with Crippen LogP contribution in [0.15, 0.2) is 87.8 Å². The van der Waals surface area contributed by atoms with Crippen LogP contribution in [0.25, 0.3) is 0 Å². The molecule has 0 saturated carbocycles. The molecule has 3 aromatic carbocycles. The second kappa shape index (κ2) is 10.9. The van der Waals surface area contributed by atoms with Crippen molar-refractivity contribution in [2.75, 3.05) is 19.6 Å². The van der Waals surface area contributed by atoms with Crippen molar-refractivity contribution in [3.8, 4) is 17.2 Å². The van der Waals surface area contributed by atoms with Gasteiger partial charge in [-0.15, -0.1) is 0 Å². The molecule has 0 aromatic heterocycles. The molecule has 3 N–H and O–H groups in total. The average Bonchev–Trinajstić information content (AvgIpc) is 2.78. The largest absolute Gasteiger partial charge is 0.507 e. The summed E-state index contributed by atoms with van der Waals surface area (Å²) >= 11 is 0. The molecular formula is C26H27N3O3. The van der Waals surface area contributed by atoms with Gasteiger partial charge in [0.05, 0.1) is 0 Å². The quantitative estimate of drug-likeness (QED) is 0.438. The van der Waals surface area contributed by atoms with Gasteiger partial charge in [0, 0.05) is 60.4 Å². The molecule has 32 heavy (non-hydrogen) atoms. The molecule has 0 aliphatic rings. The number of rotatable bonds is 9. The zero-order valence-electron chi connectivity index (χ0n) is 18.0. The Balaban J connectivity index is 1.75. The number of benzene rings is 3.